The summed E-state index contributed by atoms with van der Waals surface area (Å²) in [5, 5.41) is 0.658. The Bertz CT molecular complexity index is 1340. The highest BCUT2D eigenvalue weighted by atomic mass is 35.5. The molecule has 1 heterocycles. The minimum atomic E-state index is -0.510. The molecule has 36 heavy (non-hydrogen) atoms. The van der Waals surface area contributed by atoms with Crippen molar-refractivity contribution in [2.24, 2.45) is 0 Å². The first-order valence-electron chi connectivity index (χ1n) is 11.2. The van der Waals surface area contributed by atoms with E-state index in [2.05, 4.69) is 6.58 Å². The highest BCUT2D eigenvalue weighted by Gasteiger charge is 2.34. The van der Waals surface area contributed by atoms with Gasteiger partial charge in [-0.1, -0.05) is 65.9 Å². The van der Waals surface area contributed by atoms with Crippen molar-refractivity contribution in [3.8, 4) is 11.5 Å². The molecule has 0 aliphatic carbocycles. The fraction of sp³-hybridized carbons (Fsp3) is 0.143. The van der Waals surface area contributed by atoms with Gasteiger partial charge in [-0.15, -0.1) is 6.58 Å². The number of carbonyl (C=O) groups excluding carboxylic acids is 1. The lowest BCUT2D eigenvalue weighted by molar-refractivity contribution is -0.113. The number of rotatable bonds is 9. The fourth-order valence-electron chi connectivity index (χ4n) is 3.70. The van der Waals surface area contributed by atoms with Crippen LogP contribution in [0.4, 0.5) is 10.1 Å². The van der Waals surface area contributed by atoms with Gasteiger partial charge >= 0.3 is 0 Å². The van der Waals surface area contributed by atoms with Crippen LogP contribution in [-0.2, 0) is 17.8 Å². The molecule has 8 heteroatoms. The number of ether oxygens (including phenoxy) is 2. The normalized spacial score (nSPS) is 14.4. The number of amides is 1. The smallest absolute Gasteiger partial charge is 0.270 e. The Balaban J connectivity index is 1.67. The van der Waals surface area contributed by atoms with Crippen LogP contribution in [0.5, 0.6) is 11.5 Å². The third-order valence-electron chi connectivity index (χ3n) is 5.30. The van der Waals surface area contributed by atoms with Crippen molar-refractivity contribution in [2.45, 2.75) is 20.0 Å². The van der Waals surface area contributed by atoms with Crippen LogP contribution in [0, 0.1) is 5.82 Å². The van der Waals surface area contributed by atoms with Gasteiger partial charge in [0.2, 0.25) is 0 Å². The van der Waals surface area contributed by atoms with Crippen molar-refractivity contribution in [1.82, 2.24) is 0 Å². The molecule has 1 aliphatic heterocycles. The molecule has 0 N–H and O–H groups in total. The van der Waals surface area contributed by atoms with E-state index in [1.165, 1.54) is 17.0 Å². The van der Waals surface area contributed by atoms with E-state index in [0.29, 0.717) is 41.1 Å². The number of hydrogen-bond acceptors (Lipinski definition) is 5. The second-order valence-corrected chi connectivity index (χ2v) is 9.93. The molecule has 0 bridgehead atoms. The minimum Gasteiger partial charge on any atom is -0.490 e. The summed E-state index contributed by atoms with van der Waals surface area (Å²) in [4.78, 5) is 14.8. The number of para-hydroxylation sites is 1. The van der Waals surface area contributed by atoms with E-state index < -0.39 is 5.82 Å². The highest BCUT2D eigenvalue weighted by molar-refractivity contribution is 8.27. The Morgan fingerprint density at radius 3 is 2.58 bits per heavy atom. The standard InChI is InChI=1S/C28H23ClFNO3S2/c1-3-7-20-14-19(15-24(33-4-2)26(20)34-17-18-10-12-21(29)13-11-18)16-25-27(32)31(28(35)36-25)23-9-6-5-8-22(23)30/h3,5-6,8-16H,1,4,7,17H2,2H3/b25-16+. The van der Waals surface area contributed by atoms with Gasteiger partial charge in [0, 0.05) is 10.6 Å². The van der Waals surface area contributed by atoms with Crippen LogP contribution in [0.3, 0.4) is 0 Å². The second kappa shape index (κ2) is 11.7. The van der Waals surface area contributed by atoms with E-state index in [1.54, 1.807) is 24.3 Å². The second-order valence-electron chi connectivity index (χ2n) is 7.82. The van der Waals surface area contributed by atoms with Gasteiger partial charge in [-0.05, 0) is 66.9 Å². The van der Waals surface area contributed by atoms with E-state index in [4.69, 9.17) is 33.3 Å². The van der Waals surface area contributed by atoms with Crippen molar-refractivity contribution >= 4 is 57.6 Å². The summed E-state index contributed by atoms with van der Waals surface area (Å²) in [6.45, 7) is 6.52. The van der Waals surface area contributed by atoms with Crippen LogP contribution in [0.15, 0.2) is 78.2 Å². The topological polar surface area (TPSA) is 38.8 Å². The first-order valence-corrected chi connectivity index (χ1v) is 12.8. The zero-order valence-electron chi connectivity index (χ0n) is 19.5. The van der Waals surface area contributed by atoms with E-state index in [9.17, 15) is 9.18 Å². The Labute approximate surface area is 224 Å². The maximum Gasteiger partial charge on any atom is 0.270 e. The van der Waals surface area contributed by atoms with E-state index in [0.717, 1.165) is 28.5 Å². The molecule has 3 aromatic rings. The number of hydrogen-bond donors (Lipinski definition) is 0. The fourth-order valence-corrected chi connectivity index (χ4v) is 5.11. The van der Waals surface area contributed by atoms with Crippen LogP contribution in [-0.4, -0.2) is 16.8 Å². The molecule has 184 valence electrons. The van der Waals surface area contributed by atoms with Crippen LogP contribution >= 0.6 is 35.6 Å². The zero-order valence-corrected chi connectivity index (χ0v) is 21.9. The summed E-state index contributed by atoms with van der Waals surface area (Å²) in [5.41, 5.74) is 2.70. The average molecular weight is 540 g/mol. The van der Waals surface area contributed by atoms with Gasteiger partial charge in [0.1, 0.15) is 12.4 Å². The van der Waals surface area contributed by atoms with Crippen molar-refractivity contribution in [2.75, 3.05) is 11.5 Å². The van der Waals surface area contributed by atoms with Crippen molar-refractivity contribution < 1.29 is 18.7 Å². The molecule has 0 radical (unpaired) electrons. The lowest BCUT2D eigenvalue weighted by atomic mass is 10.0. The summed E-state index contributed by atoms with van der Waals surface area (Å²) in [6.07, 6.45) is 4.05. The number of halogens is 2. The summed E-state index contributed by atoms with van der Waals surface area (Å²) in [6, 6.07) is 17.3. The van der Waals surface area contributed by atoms with Gasteiger partial charge in [0.05, 0.1) is 17.2 Å². The zero-order chi connectivity index (χ0) is 25.7. The Morgan fingerprint density at radius 2 is 1.89 bits per heavy atom. The monoisotopic (exact) mass is 539 g/mol. The van der Waals surface area contributed by atoms with Gasteiger partial charge in [-0.2, -0.15) is 0 Å². The number of benzene rings is 3. The van der Waals surface area contributed by atoms with Gasteiger partial charge in [-0.3, -0.25) is 9.69 Å². The highest BCUT2D eigenvalue weighted by Crippen LogP contribution is 2.39. The van der Waals surface area contributed by atoms with Crippen LogP contribution < -0.4 is 14.4 Å². The van der Waals surface area contributed by atoms with Gasteiger partial charge in [-0.25, -0.2) is 4.39 Å². The third-order valence-corrected chi connectivity index (χ3v) is 6.85. The van der Waals surface area contributed by atoms with Crippen LogP contribution in [0.25, 0.3) is 6.08 Å². The van der Waals surface area contributed by atoms with Crippen LogP contribution in [0.1, 0.15) is 23.6 Å². The molecule has 0 saturated carbocycles. The minimum absolute atomic E-state index is 0.136. The summed E-state index contributed by atoms with van der Waals surface area (Å²) in [5.74, 6) is 0.287. The lowest BCUT2D eigenvalue weighted by Gasteiger charge is -2.17. The first kappa shape index (κ1) is 25.9. The van der Waals surface area contributed by atoms with E-state index in [1.807, 2.05) is 43.3 Å². The van der Waals surface area contributed by atoms with Gasteiger partial charge in [0.15, 0.2) is 15.8 Å². The first-order chi connectivity index (χ1) is 17.4. The maximum atomic E-state index is 14.3. The predicted octanol–water partition coefficient (Wildman–Crippen LogP) is 7.59. The molecule has 4 nitrogen and oxygen atoms in total. The summed E-state index contributed by atoms with van der Waals surface area (Å²) in [7, 11) is 0. The maximum absolute atomic E-state index is 14.3. The number of carbonyl (C=O) groups is 1. The van der Waals surface area contributed by atoms with Crippen molar-refractivity contribution in [3.05, 3.63) is 106 Å². The molecule has 1 aliphatic rings. The molecule has 4 rings (SSSR count). The van der Waals surface area contributed by atoms with Crippen molar-refractivity contribution in [3.63, 3.8) is 0 Å². The Morgan fingerprint density at radius 1 is 1.14 bits per heavy atom. The summed E-state index contributed by atoms with van der Waals surface area (Å²) < 4.78 is 26.7. The lowest BCUT2D eigenvalue weighted by Crippen LogP contribution is -2.28. The predicted molar refractivity (Wildman–Crippen MR) is 149 cm³/mol. The molecule has 0 unspecified atom stereocenters. The third kappa shape index (κ3) is 5.81. The van der Waals surface area contributed by atoms with Crippen molar-refractivity contribution in [1.29, 1.82) is 0 Å². The Hall–Kier alpha value is -3.13. The van der Waals surface area contributed by atoms with E-state index >= 15 is 0 Å². The molecule has 1 fully saturated rings. The number of allylic oxidation sites excluding steroid dienone is 1. The number of thiocarbonyl (C=S) groups is 1. The summed E-state index contributed by atoms with van der Waals surface area (Å²) >= 11 is 12.5. The molecule has 0 aromatic heterocycles. The van der Waals surface area contributed by atoms with Gasteiger partial charge < -0.3 is 9.47 Å². The number of anilines is 1. The SMILES string of the molecule is C=CCc1cc(/C=C2/SC(=S)N(c3ccccc3F)C2=O)cc(OCC)c1OCc1ccc(Cl)cc1. The Kier molecular flexibility index (Phi) is 8.46. The number of nitrogens with zero attached hydrogens (tertiary/aromatic N) is 1. The molecular weight excluding hydrogens is 517 g/mol. The number of thioether (sulfide) groups is 1. The molecule has 0 atom stereocenters. The molecular formula is C28H23ClFNO3S2. The van der Waals surface area contributed by atoms with Gasteiger partial charge in [0.25, 0.3) is 5.91 Å². The largest absolute Gasteiger partial charge is 0.490 e. The van der Waals surface area contributed by atoms with Crippen LogP contribution in [0.2, 0.25) is 5.02 Å². The molecule has 1 amide bonds. The molecule has 1 saturated heterocycles. The molecule has 0 spiro atoms. The quantitative estimate of drug-likeness (QED) is 0.159. The van der Waals surface area contributed by atoms with E-state index in [-0.39, 0.29) is 15.9 Å². The average Bonchev–Trinajstić information content (AvgIpc) is 3.13. The molecule has 3 aromatic carbocycles.